The van der Waals surface area contributed by atoms with Crippen LogP contribution < -0.4 is 0 Å². The van der Waals surface area contributed by atoms with Crippen molar-refractivity contribution in [2.75, 3.05) is 13.1 Å². The summed E-state index contributed by atoms with van der Waals surface area (Å²) in [7, 11) is 0. The molecular formula is C12H13NO3. The summed E-state index contributed by atoms with van der Waals surface area (Å²) in [5.74, 6) is 0. The highest BCUT2D eigenvalue weighted by Gasteiger charge is 2.49. The molecule has 0 saturated carbocycles. The summed E-state index contributed by atoms with van der Waals surface area (Å²) in [5.41, 5.74) is 1.01. The second kappa shape index (κ2) is 3.79. The number of carbonyl (C=O) groups excluding carboxylic acids is 1. The minimum Gasteiger partial charge on any atom is -0.445 e. The Balaban J connectivity index is 1.50. The van der Waals surface area contributed by atoms with Gasteiger partial charge in [-0.1, -0.05) is 30.3 Å². The fourth-order valence-corrected chi connectivity index (χ4v) is 1.97. The van der Waals surface area contributed by atoms with Gasteiger partial charge in [0.15, 0.2) is 0 Å². The van der Waals surface area contributed by atoms with Gasteiger partial charge in [-0.25, -0.2) is 4.79 Å². The molecule has 0 aliphatic carbocycles. The van der Waals surface area contributed by atoms with Crippen LogP contribution in [0.1, 0.15) is 5.56 Å². The molecule has 0 radical (unpaired) electrons. The average molecular weight is 219 g/mol. The summed E-state index contributed by atoms with van der Waals surface area (Å²) >= 11 is 0. The van der Waals surface area contributed by atoms with Crippen molar-refractivity contribution >= 4 is 6.09 Å². The van der Waals surface area contributed by atoms with E-state index in [1.807, 2.05) is 30.3 Å². The van der Waals surface area contributed by atoms with Gasteiger partial charge in [0.25, 0.3) is 0 Å². The van der Waals surface area contributed by atoms with Crippen molar-refractivity contribution < 1.29 is 14.3 Å². The molecule has 84 valence electrons. The van der Waals surface area contributed by atoms with Crippen LogP contribution in [0, 0.1) is 0 Å². The van der Waals surface area contributed by atoms with Crippen LogP contribution in [0.15, 0.2) is 30.3 Å². The SMILES string of the molecule is O=C(OCc1ccccc1)N1C[C@@H]2O[C@@H]2C1. The Morgan fingerprint density at radius 3 is 2.69 bits per heavy atom. The predicted molar refractivity (Wildman–Crippen MR) is 56.9 cm³/mol. The van der Waals surface area contributed by atoms with Crippen LogP contribution in [0.5, 0.6) is 0 Å². The van der Waals surface area contributed by atoms with Crippen molar-refractivity contribution in [1.82, 2.24) is 4.90 Å². The molecule has 2 aliphatic rings. The molecule has 0 bridgehead atoms. The molecule has 1 aromatic rings. The van der Waals surface area contributed by atoms with E-state index in [9.17, 15) is 4.79 Å². The molecule has 2 atom stereocenters. The second-order valence-corrected chi connectivity index (χ2v) is 4.16. The topological polar surface area (TPSA) is 42.1 Å². The molecule has 4 heteroatoms. The largest absolute Gasteiger partial charge is 0.445 e. The Morgan fingerprint density at radius 1 is 1.31 bits per heavy atom. The Bertz CT molecular complexity index is 383. The van der Waals surface area contributed by atoms with Crippen molar-refractivity contribution in [3.8, 4) is 0 Å². The van der Waals surface area contributed by atoms with E-state index in [-0.39, 0.29) is 18.3 Å². The lowest BCUT2D eigenvalue weighted by atomic mass is 10.2. The quantitative estimate of drug-likeness (QED) is 0.706. The van der Waals surface area contributed by atoms with E-state index >= 15 is 0 Å². The van der Waals surface area contributed by atoms with Crippen molar-refractivity contribution in [3.05, 3.63) is 35.9 Å². The molecule has 1 aromatic carbocycles. The Labute approximate surface area is 93.8 Å². The maximum Gasteiger partial charge on any atom is 0.410 e. The maximum atomic E-state index is 11.6. The van der Waals surface area contributed by atoms with Gasteiger partial charge < -0.3 is 14.4 Å². The minimum atomic E-state index is -0.236. The van der Waals surface area contributed by atoms with E-state index in [0.29, 0.717) is 19.7 Å². The Morgan fingerprint density at radius 2 is 2.00 bits per heavy atom. The Kier molecular flexibility index (Phi) is 2.29. The number of morpholine rings is 1. The Hall–Kier alpha value is -1.55. The van der Waals surface area contributed by atoms with Crippen molar-refractivity contribution in [2.45, 2.75) is 18.8 Å². The third-order valence-electron chi connectivity index (χ3n) is 2.95. The van der Waals surface area contributed by atoms with E-state index in [1.165, 1.54) is 0 Å². The van der Waals surface area contributed by atoms with Gasteiger partial charge >= 0.3 is 6.09 Å². The summed E-state index contributed by atoms with van der Waals surface area (Å²) in [6.45, 7) is 1.70. The molecule has 16 heavy (non-hydrogen) atoms. The van der Waals surface area contributed by atoms with Gasteiger partial charge in [-0.3, -0.25) is 0 Å². The predicted octanol–water partition coefficient (Wildman–Crippen LogP) is 1.41. The van der Waals surface area contributed by atoms with E-state index in [1.54, 1.807) is 4.90 Å². The molecule has 2 heterocycles. The van der Waals surface area contributed by atoms with Crippen molar-refractivity contribution in [2.24, 2.45) is 0 Å². The first-order valence-electron chi connectivity index (χ1n) is 5.44. The molecule has 0 N–H and O–H groups in total. The average Bonchev–Trinajstić information content (AvgIpc) is 2.94. The van der Waals surface area contributed by atoms with Gasteiger partial charge in [0.2, 0.25) is 0 Å². The summed E-state index contributed by atoms with van der Waals surface area (Å²) in [4.78, 5) is 13.3. The lowest BCUT2D eigenvalue weighted by molar-refractivity contribution is 0.0903. The van der Waals surface area contributed by atoms with Crippen molar-refractivity contribution in [1.29, 1.82) is 0 Å². The first-order valence-corrected chi connectivity index (χ1v) is 5.44. The lowest BCUT2D eigenvalue weighted by Crippen LogP contribution is -2.32. The lowest BCUT2D eigenvalue weighted by Gasteiger charge is -2.16. The van der Waals surface area contributed by atoms with Crippen LogP contribution in [-0.4, -0.2) is 36.3 Å². The van der Waals surface area contributed by atoms with E-state index < -0.39 is 0 Å². The van der Waals surface area contributed by atoms with Crippen molar-refractivity contribution in [3.63, 3.8) is 0 Å². The molecule has 2 fully saturated rings. The van der Waals surface area contributed by atoms with Crippen LogP contribution in [-0.2, 0) is 16.1 Å². The molecule has 0 spiro atoms. The first kappa shape index (κ1) is 9.66. The third kappa shape index (κ3) is 1.88. The van der Waals surface area contributed by atoms with Crippen LogP contribution in [0.25, 0.3) is 0 Å². The van der Waals surface area contributed by atoms with E-state index in [4.69, 9.17) is 9.47 Å². The van der Waals surface area contributed by atoms with Gasteiger partial charge in [0.1, 0.15) is 18.8 Å². The molecular weight excluding hydrogens is 206 g/mol. The van der Waals surface area contributed by atoms with Gasteiger partial charge in [0, 0.05) is 0 Å². The van der Waals surface area contributed by atoms with E-state index in [0.717, 1.165) is 5.56 Å². The number of likely N-dealkylation sites (tertiary alicyclic amines) is 1. The maximum absolute atomic E-state index is 11.6. The van der Waals surface area contributed by atoms with E-state index in [2.05, 4.69) is 0 Å². The van der Waals surface area contributed by atoms with Crippen LogP contribution in [0.3, 0.4) is 0 Å². The molecule has 3 rings (SSSR count). The van der Waals surface area contributed by atoms with Gasteiger partial charge in [-0.15, -0.1) is 0 Å². The first-order chi connectivity index (χ1) is 7.83. The summed E-state index contributed by atoms with van der Waals surface area (Å²) in [5, 5.41) is 0. The fourth-order valence-electron chi connectivity index (χ4n) is 1.97. The fraction of sp³-hybridized carbons (Fsp3) is 0.417. The standard InChI is InChI=1S/C12H13NO3/c14-12(13-6-10-11(7-13)16-10)15-8-9-4-2-1-3-5-9/h1-5,10-11H,6-8H2/t10-,11+. The number of hydrogen-bond donors (Lipinski definition) is 0. The monoisotopic (exact) mass is 219 g/mol. The zero-order chi connectivity index (χ0) is 11.0. The van der Waals surface area contributed by atoms with Gasteiger partial charge in [0.05, 0.1) is 13.1 Å². The molecule has 2 aliphatic heterocycles. The number of epoxide rings is 1. The van der Waals surface area contributed by atoms with Gasteiger partial charge in [-0.2, -0.15) is 0 Å². The third-order valence-corrected chi connectivity index (χ3v) is 2.95. The highest BCUT2D eigenvalue weighted by Crippen LogP contribution is 2.30. The molecule has 4 nitrogen and oxygen atoms in total. The summed E-state index contributed by atoms with van der Waals surface area (Å²) in [6.07, 6.45) is 0.299. The number of carbonyl (C=O) groups is 1. The molecule has 0 unspecified atom stereocenters. The zero-order valence-corrected chi connectivity index (χ0v) is 8.83. The normalized spacial score (nSPS) is 26.4. The van der Waals surface area contributed by atoms with Crippen LogP contribution >= 0.6 is 0 Å². The van der Waals surface area contributed by atoms with Gasteiger partial charge in [-0.05, 0) is 5.56 Å². The smallest absolute Gasteiger partial charge is 0.410 e. The highest BCUT2D eigenvalue weighted by atomic mass is 16.6. The molecule has 0 aromatic heterocycles. The number of benzene rings is 1. The minimum absolute atomic E-state index is 0.236. The molecule has 1 amide bonds. The summed E-state index contributed by atoms with van der Waals surface area (Å²) < 4.78 is 10.5. The number of rotatable bonds is 2. The highest BCUT2D eigenvalue weighted by molar-refractivity contribution is 5.68. The van der Waals surface area contributed by atoms with Crippen LogP contribution in [0.4, 0.5) is 4.79 Å². The zero-order valence-electron chi connectivity index (χ0n) is 8.83. The number of hydrogen-bond acceptors (Lipinski definition) is 3. The summed E-state index contributed by atoms with van der Waals surface area (Å²) in [6, 6.07) is 9.69. The molecule has 2 saturated heterocycles. The number of nitrogens with zero attached hydrogens (tertiary/aromatic N) is 1. The van der Waals surface area contributed by atoms with Crippen LogP contribution in [0.2, 0.25) is 0 Å². The number of ether oxygens (including phenoxy) is 2. The number of amides is 1. The number of fused-ring (bicyclic) bond motifs is 1. The second-order valence-electron chi connectivity index (χ2n) is 4.16.